The molecule has 1 aliphatic heterocycles. The molecule has 1 aliphatic rings. The van der Waals surface area contributed by atoms with Crippen molar-refractivity contribution in [3.05, 3.63) is 64.8 Å². The topological polar surface area (TPSA) is 65.4 Å². The molecule has 1 saturated heterocycles. The molecule has 164 valence electrons. The van der Waals surface area contributed by atoms with Gasteiger partial charge >= 0.3 is 0 Å². The Bertz CT molecular complexity index is 996. The second-order valence-electron chi connectivity index (χ2n) is 7.09. The van der Waals surface area contributed by atoms with Gasteiger partial charge in [0.05, 0.1) is 17.3 Å². The molecule has 31 heavy (non-hydrogen) atoms. The fourth-order valence-electron chi connectivity index (χ4n) is 3.45. The Kier molecular flexibility index (Phi) is 8.91. The van der Waals surface area contributed by atoms with Crippen LogP contribution in [0.4, 0.5) is 5.82 Å². The predicted octanol–water partition coefficient (Wildman–Crippen LogP) is 4.81. The molecular weight excluding hydrogens is 543 g/mol. The molecule has 0 amide bonds. The molecule has 2 N–H and O–H groups in total. The number of nitrogens with one attached hydrogen (secondary N) is 2. The molecule has 1 atom stereocenters. The van der Waals surface area contributed by atoms with Gasteiger partial charge in [-0.25, -0.2) is 15.0 Å². The molecule has 6 nitrogen and oxygen atoms in total. The number of nitrogens with zero attached hydrogens (tertiary/aromatic N) is 4. The summed E-state index contributed by atoms with van der Waals surface area (Å²) in [4.78, 5) is 16.1. The van der Waals surface area contributed by atoms with E-state index in [2.05, 4.69) is 45.0 Å². The fourth-order valence-corrected chi connectivity index (χ4v) is 4.50. The number of aromatic nitrogens is 2. The van der Waals surface area contributed by atoms with Crippen molar-refractivity contribution >= 4 is 58.7 Å². The van der Waals surface area contributed by atoms with Gasteiger partial charge in [-0.2, -0.15) is 0 Å². The van der Waals surface area contributed by atoms with Gasteiger partial charge in [0, 0.05) is 42.8 Å². The van der Waals surface area contributed by atoms with Gasteiger partial charge < -0.3 is 15.5 Å². The van der Waals surface area contributed by atoms with E-state index in [-0.39, 0.29) is 30.0 Å². The van der Waals surface area contributed by atoms with Crippen molar-refractivity contribution in [1.82, 2.24) is 20.6 Å². The highest BCUT2D eigenvalue weighted by molar-refractivity contribution is 14.0. The SMILES string of the molecule is CCNC(=NCc1csc(-c2ccccc2)n1)NC1CCN(c2ncccc2Cl)C1.I. The van der Waals surface area contributed by atoms with E-state index in [1.807, 2.05) is 30.3 Å². The maximum Gasteiger partial charge on any atom is 0.191 e. The number of pyridine rings is 1. The van der Waals surface area contributed by atoms with E-state index in [0.717, 1.165) is 54.1 Å². The van der Waals surface area contributed by atoms with Crippen molar-refractivity contribution in [1.29, 1.82) is 0 Å². The smallest absolute Gasteiger partial charge is 0.191 e. The number of thiazole rings is 1. The molecule has 4 rings (SSSR count). The summed E-state index contributed by atoms with van der Waals surface area (Å²) in [5.74, 6) is 1.66. The summed E-state index contributed by atoms with van der Waals surface area (Å²) in [7, 11) is 0. The van der Waals surface area contributed by atoms with Crippen LogP contribution in [0.3, 0.4) is 0 Å². The Hall–Kier alpha value is -1.91. The van der Waals surface area contributed by atoms with E-state index in [1.165, 1.54) is 0 Å². The monoisotopic (exact) mass is 568 g/mol. The van der Waals surface area contributed by atoms with Crippen LogP contribution in [0.25, 0.3) is 10.6 Å². The van der Waals surface area contributed by atoms with Crippen LogP contribution in [0.5, 0.6) is 0 Å². The predicted molar refractivity (Wildman–Crippen MR) is 141 cm³/mol. The number of halogens is 2. The van der Waals surface area contributed by atoms with Crippen molar-refractivity contribution in [2.24, 2.45) is 4.99 Å². The lowest BCUT2D eigenvalue weighted by atomic mass is 10.2. The van der Waals surface area contributed by atoms with Gasteiger partial charge in [-0.1, -0.05) is 41.9 Å². The minimum atomic E-state index is 0. The van der Waals surface area contributed by atoms with Crippen LogP contribution >= 0.6 is 46.9 Å². The van der Waals surface area contributed by atoms with Gasteiger partial charge in [-0.05, 0) is 25.5 Å². The van der Waals surface area contributed by atoms with Crippen LogP contribution in [0.2, 0.25) is 5.02 Å². The average molecular weight is 569 g/mol. The highest BCUT2D eigenvalue weighted by atomic mass is 127. The molecule has 0 spiro atoms. The third-order valence-corrected chi connectivity index (χ3v) is 6.12. The third kappa shape index (κ3) is 6.30. The lowest BCUT2D eigenvalue weighted by Gasteiger charge is -2.20. The lowest BCUT2D eigenvalue weighted by Crippen LogP contribution is -2.44. The Morgan fingerprint density at radius 3 is 2.87 bits per heavy atom. The molecule has 3 heterocycles. The van der Waals surface area contributed by atoms with Crippen LogP contribution in [0, 0.1) is 0 Å². The Morgan fingerprint density at radius 1 is 1.26 bits per heavy atom. The minimum absolute atomic E-state index is 0. The molecule has 0 radical (unpaired) electrons. The maximum atomic E-state index is 6.30. The Morgan fingerprint density at radius 2 is 2.10 bits per heavy atom. The molecule has 9 heteroatoms. The zero-order valence-corrected chi connectivity index (χ0v) is 21.2. The second kappa shape index (κ2) is 11.6. The van der Waals surface area contributed by atoms with Gasteiger partial charge in [0.15, 0.2) is 5.96 Å². The van der Waals surface area contributed by atoms with Crippen LogP contribution in [0.1, 0.15) is 19.0 Å². The number of guanidine groups is 1. The van der Waals surface area contributed by atoms with E-state index in [9.17, 15) is 0 Å². The van der Waals surface area contributed by atoms with E-state index in [4.69, 9.17) is 21.6 Å². The number of anilines is 1. The summed E-state index contributed by atoms with van der Waals surface area (Å²) in [6.07, 6.45) is 2.79. The molecule has 1 fully saturated rings. The first-order chi connectivity index (χ1) is 14.7. The molecule has 0 saturated carbocycles. The summed E-state index contributed by atoms with van der Waals surface area (Å²) < 4.78 is 0. The van der Waals surface area contributed by atoms with Crippen LogP contribution in [-0.4, -0.2) is 41.6 Å². The fraction of sp³-hybridized carbons (Fsp3) is 0.318. The number of hydrogen-bond donors (Lipinski definition) is 2. The highest BCUT2D eigenvalue weighted by Crippen LogP contribution is 2.26. The lowest BCUT2D eigenvalue weighted by molar-refractivity contribution is 0.648. The first-order valence-electron chi connectivity index (χ1n) is 10.1. The quantitative estimate of drug-likeness (QED) is 0.254. The van der Waals surface area contributed by atoms with Crippen molar-refractivity contribution in [2.45, 2.75) is 25.9 Å². The van der Waals surface area contributed by atoms with Gasteiger partial charge in [0.25, 0.3) is 0 Å². The Balaban J connectivity index is 0.00000272. The largest absolute Gasteiger partial charge is 0.357 e. The minimum Gasteiger partial charge on any atom is -0.357 e. The van der Waals surface area contributed by atoms with Crippen molar-refractivity contribution in [2.75, 3.05) is 24.5 Å². The van der Waals surface area contributed by atoms with Gasteiger partial charge in [0.1, 0.15) is 10.8 Å². The number of rotatable bonds is 6. The average Bonchev–Trinajstić information content (AvgIpc) is 3.43. The number of benzene rings is 1. The maximum absolute atomic E-state index is 6.30. The zero-order chi connectivity index (χ0) is 20.8. The standard InChI is InChI=1S/C22H25ClN6S.HI/c1-2-24-22(26-13-18-15-30-21(27-18)16-7-4-3-5-8-16)28-17-10-12-29(14-17)20-19(23)9-6-11-25-20;/h3-9,11,15,17H,2,10,12-14H2,1H3,(H2,24,26,28);1H. The van der Waals surface area contributed by atoms with E-state index >= 15 is 0 Å². The summed E-state index contributed by atoms with van der Waals surface area (Å²) in [6, 6.07) is 14.3. The molecule has 1 unspecified atom stereocenters. The normalized spacial score (nSPS) is 16.1. The molecule has 1 aromatic carbocycles. The summed E-state index contributed by atoms with van der Waals surface area (Å²) in [5.41, 5.74) is 2.12. The molecular formula is C22H26ClIN6S. The first-order valence-corrected chi connectivity index (χ1v) is 11.4. The van der Waals surface area contributed by atoms with Crippen molar-refractivity contribution < 1.29 is 0 Å². The van der Waals surface area contributed by atoms with E-state index < -0.39 is 0 Å². The van der Waals surface area contributed by atoms with Crippen LogP contribution in [0.15, 0.2) is 59.0 Å². The molecule has 0 aliphatic carbocycles. The van der Waals surface area contributed by atoms with Crippen LogP contribution < -0.4 is 15.5 Å². The second-order valence-corrected chi connectivity index (χ2v) is 8.36. The van der Waals surface area contributed by atoms with Crippen LogP contribution in [-0.2, 0) is 6.54 Å². The molecule has 0 bridgehead atoms. The number of aliphatic imine (C=N–C) groups is 1. The van der Waals surface area contributed by atoms with Crippen molar-refractivity contribution in [3.8, 4) is 10.6 Å². The van der Waals surface area contributed by atoms with E-state index in [1.54, 1.807) is 17.5 Å². The third-order valence-electron chi connectivity index (χ3n) is 4.88. The van der Waals surface area contributed by atoms with Gasteiger partial charge in [0.2, 0.25) is 0 Å². The summed E-state index contributed by atoms with van der Waals surface area (Å²) in [6.45, 7) is 5.18. The summed E-state index contributed by atoms with van der Waals surface area (Å²) in [5, 5.41) is 10.7. The highest BCUT2D eigenvalue weighted by Gasteiger charge is 2.25. The Labute approximate surface area is 209 Å². The number of hydrogen-bond acceptors (Lipinski definition) is 5. The van der Waals surface area contributed by atoms with Gasteiger partial charge in [-0.3, -0.25) is 0 Å². The van der Waals surface area contributed by atoms with E-state index in [0.29, 0.717) is 11.6 Å². The molecule has 2 aromatic heterocycles. The summed E-state index contributed by atoms with van der Waals surface area (Å²) >= 11 is 7.96. The first kappa shape index (κ1) is 23.7. The zero-order valence-electron chi connectivity index (χ0n) is 17.3. The van der Waals surface area contributed by atoms with Gasteiger partial charge in [-0.15, -0.1) is 35.3 Å². The van der Waals surface area contributed by atoms with Crippen molar-refractivity contribution in [3.63, 3.8) is 0 Å². The molecule has 3 aromatic rings.